The lowest BCUT2D eigenvalue weighted by Gasteiger charge is -2.55. The fraction of sp³-hybridized carbons (Fsp3) is 0.654. The number of hydrogen-bond acceptors (Lipinski definition) is 8. The van der Waals surface area contributed by atoms with Gasteiger partial charge in [-0.1, -0.05) is 0 Å². The molecule has 1 saturated heterocycles. The third-order valence-corrected chi connectivity index (χ3v) is 10.7. The quantitative estimate of drug-likeness (QED) is 0.356. The van der Waals surface area contributed by atoms with E-state index in [1.807, 2.05) is 0 Å². The molecule has 6 bridgehead atoms. The molecule has 192 valence electrons. The van der Waals surface area contributed by atoms with Crippen molar-refractivity contribution in [3.05, 3.63) is 24.3 Å². The van der Waals surface area contributed by atoms with E-state index in [0.29, 0.717) is 24.2 Å². The van der Waals surface area contributed by atoms with Crippen molar-refractivity contribution in [1.29, 1.82) is 0 Å². The highest BCUT2D eigenvalue weighted by Gasteiger charge is 2.71. The van der Waals surface area contributed by atoms with Crippen LogP contribution in [0.2, 0.25) is 0 Å². The zero-order valence-electron chi connectivity index (χ0n) is 19.6. The summed E-state index contributed by atoms with van der Waals surface area (Å²) in [7, 11) is -4.37. The number of rotatable bonds is 5. The van der Waals surface area contributed by atoms with Crippen molar-refractivity contribution in [2.45, 2.75) is 62.0 Å². The molecule has 1 aliphatic heterocycles. The second-order valence-corrected chi connectivity index (χ2v) is 13.4. The molecule has 0 aromatic heterocycles. The van der Waals surface area contributed by atoms with Gasteiger partial charge in [-0.3, -0.25) is 18.9 Å². The number of benzene rings is 1. The van der Waals surface area contributed by atoms with Gasteiger partial charge in [0.2, 0.25) is 0 Å². The van der Waals surface area contributed by atoms with Crippen LogP contribution in [0.25, 0.3) is 0 Å². The van der Waals surface area contributed by atoms with Crippen LogP contribution < -0.4 is 4.74 Å². The zero-order valence-corrected chi connectivity index (χ0v) is 20.4. The molecule has 8 rings (SSSR count). The molecule has 0 radical (unpaired) electrons. The molecule has 7 aliphatic rings. The Morgan fingerprint density at radius 3 is 2.14 bits per heavy atom. The highest BCUT2D eigenvalue weighted by molar-refractivity contribution is 7.85. The number of carbonyl (C=O) groups excluding carboxylic acids is 3. The molecule has 6 saturated carbocycles. The van der Waals surface area contributed by atoms with Crippen LogP contribution >= 0.6 is 0 Å². The van der Waals surface area contributed by atoms with Crippen LogP contribution in [0.15, 0.2) is 29.2 Å². The lowest BCUT2D eigenvalue weighted by Crippen LogP contribution is -2.53. The summed E-state index contributed by atoms with van der Waals surface area (Å²) in [5.41, 5.74) is -0.441. The molecule has 1 aromatic carbocycles. The molecule has 6 atom stereocenters. The molecule has 0 spiro atoms. The maximum absolute atomic E-state index is 13.6. The maximum atomic E-state index is 13.6. The van der Waals surface area contributed by atoms with Gasteiger partial charge < -0.3 is 14.2 Å². The minimum absolute atomic E-state index is 0.0974. The average Bonchev–Trinajstić information content (AvgIpc) is 3.42. The van der Waals surface area contributed by atoms with Gasteiger partial charge in [0.25, 0.3) is 10.1 Å². The predicted octanol–water partition coefficient (Wildman–Crippen LogP) is 2.77. The summed E-state index contributed by atoms with van der Waals surface area (Å²) in [6.07, 6.45) is 5.64. The van der Waals surface area contributed by atoms with Crippen molar-refractivity contribution in [1.82, 2.24) is 0 Å². The van der Waals surface area contributed by atoms with Gasteiger partial charge in [0.15, 0.2) is 0 Å². The Kier molecular flexibility index (Phi) is 4.75. The number of carbonyl (C=O) groups is 3. The van der Waals surface area contributed by atoms with Crippen LogP contribution in [0.3, 0.4) is 0 Å². The summed E-state index contributed by atoms with van der Waals surface area (Å²) < 4.78 is 49.0. The molecular weight excluding hydrogens is 488 g/mol. The zero-order chi connectivity index (χ0) is 25.0. The molecule has 7 fully saturated rings. The van der Waals surface area contributed by atoms with Crippen molar-refractivity contribution in [2.24, 2.45) is 46.8 Å². The second kappa shape index (κ2) is 7.54. The van der Waals surface area contributed by atoms with Gasteiger partial charge in [0.1, 0.15) is 18.0 Å². The van der Waals surface area contributed by atoms with Gasteiger partial charge in [-0.25, -0.2) is 0 Å². The Labute approximate surface area is 208 Å². The lowest BCUT2D eigenvalue weighted by molar-refractivity contribution is -0.187. The predicted molar refractivity (Wildman–Crippen MR) is 121 cm³/mol. The van der Waals surface area contributed by atoms with Crippen molar-refractivity contribution in [3.63, 3.8) is 0 Å². The first-order valence-electron chi connectivity index (χ1n) is 12.8. The summed E-state index contributed by atoms with van der Waals surface area (Å²) >= 11 is 0. The van der Waals surface area contributed by atoms with E-state index in [4.69, 9.17) is 18.8 Å². The van der Waals surface area contributed by atoms with Gasteiger partial charge in [0.05, 0.1) is 22.1 Å². The Balaban J connectivity index is 1.10. The molecule has 9 nitrogen and oxygen atoms in total. The van der Waals surface area contributed by atoms with Gasteiger partial charge in [-0.2, -0.15) is 8.42 Å². The minimum Gasteiger partial charge on any atom is -0.458 e. The maximum Gasteiger partial charge on any atom is 0.315 e. The van der Waals surface area contributed by atoms with Crippen molar-refractivity contribution in [2.75, 3.05) is 0 Å². The summed E-state index contributed by atoms with van der Waals surface area (Å²) in [4.78, 5) is 39.2. The van der Waals surface area contributed by atoms with Crippen LogP contribution in [0.5, 0.6) is 5.75 Å². The molecular formula is C26H28O9S. The van der Waals surface area contributed by atoms with E-state index in [-0.39, 0.29) is 28.5 Å². The highest BCUT2D eigenvalue weighted by Crippen LogP contribution is 2.62. The van der Waals surface area contributed by atoms with E-state index in [1.54, 1.807) is 0 Å². The molecule has 0 amide bonds. The molecule has 1 N–H and O–H groups in total. The molecule has 6 aliphatic carbocycles. The van der Waals surface area contributed by atoms with Gasteiger partial charge in [-0.05, 0) is 87.0 Å². The van der Waals surface area contributed by atoms with Crippen LogP contribution in [-0.2, 0) is 34.0 Å². The fourth-order valence-electron chi connectivity index (χ4n) is 8.94. The largest absolute Gasteiger partial charge is 0.458 e. The smallest absolute Gasteiger partial charge is 0.315 e. The third kappa shape index (κ3) is 3.29. The van der Waals surface area contributed by atoms with Crippen molar-refractivity contribution < 1.29 is 41.6 Å². The second-order valence-electron chi connectivity index (χ2n) is 12.0. The van der Waals surface area contributed by atoms with Crippen molar-refractivity contribution >= 4 is 28.0 Å². The van der Waals surface area contributed by atoms with E-state index in [1.165, 1.54) is 31.4 Å². The number of hydrogen-bond donors (Lipinski definition) is 1. The standard InChI is InChI=1S/C26H28O9S/c27-23(33-15-1-3-16(4-2-15)36(30,31)32)19-18-8-17-20(19)24(28)34-21(17)22(18)35-25(29)26-9-12-5-13(10-26)7-14(6-12)11-26/h1-4,12-14,17-22H,5-11H2,(H,30,31,32). The highest BCUT2D eigenvalue weighted by atomic mass is 32.2. The lowest BCUT2D eigenvalue weighted by atomic mass is 9.49. The van der Waals surface area contributed by atoms with Crippen LogP contribution in [0.4, 0.5) is 0 Å². The summed E-state index contributed by atoms with van der Waals surface area (Å²) in [6, 6.07) is 4.81. The van der Waals surface area contributed by atoms with Gasteiger partial charge in [-0.15, -0.1) is 0 Å². The first kappa shape index (κ1) is 22.7. The number of fused-ring (bicyclic) bond motifs is 1. The Morgan fingerprint density at radius 2 is 1.56 bits per heavy atom. The van der Waals surface area contributed by atoms with Crippen LogP contribution in [0.1, 0.15) is 44.9 Å². The third-order valence-electron chi connectivity index (χ3n) is 9.87. The van der Waals surface area contributed by atoms with E-state index >= 15 is 0 Å². The van der Waals surface area contributed by atoms with E-state index < -0.39 is 51.5 Å². The normalized spacial score (nSPS) is 43.5. The molecule has 36 heavy (non-hydrogen) atoms. The topological polar surface area (TPSA) is 133 Å². The molecule has 10 heteroatoms. The summed E-state index contributed by atoms with van der Waals surface area (Å²) in [6.45, 7) is 0. The Hall–Kier alpha value is -2.46. The van der Waals surface area contributed by atoms with E-state index in [2.05, 4.69) is 0 Å². The van der Waals surface area contributed by atoms with Crippen LogP contribution in [0, 0.1) is 46.8 Å². The van der Waals surface area contributed by atoms with E-state index in [9.17, 15) is 22.8 Å². The average molecular weight is 517 g/mol. The summed E-state index contributed by atoms with van der Waals surface area (Å²) in [5.74, 6) is -1.37. The number of esters is 3. The molecule has 1 heterocycles. The van der Waals surface area contributed by atoms with E-state index in [0.717, 1.165) is 31.4 Å². The molecule has 6 unspecified atom stereocenters. The monoisotopic (exact) mass is 516 g/mol. The van der Waals surface area contributed by atoms with Crippen LogP contribution in [-0.4, -0.2) is 43.1 Å². The summed E-state index contributed by atoms with van der Waals surface area (Å²) in [5, 5.41) is 0. The fourth-order valence-corrected chi connectivity index (χ4v) is 9.42. The first-order valence-corrected chi connectivity index (χ1v) is 14.3. The van der Waals surface area contributed by atoms with Crippen molar-refractivity contribution in [3.8, 4) is 5.75 Å². The molecule has 1 aromatic rings. The number of ether oxygens (including phenoxy) is 3. The SMILES string of the molecule is O=C1OC2C3CC(C2OC(=O)C24CC5CC(CC(C5)C2)C4)C(C(=O)Oc2ccc(S(=O)(=O)O)cc2)C13. The Bertz CT molecular complexity index is 1220. The van der Waals surface area contributed by atoms with Gasteiger partial charge in [0, 0.05) is 11.8 Å². The Morgan fingerprint density at radius 1 is 0.944 bits per heavy atom. The van der Waals surface area contributed by atoms with Gasteiger partial charge >= 0.3 is 17.9 Å². The first-order chi connectivity index (χ1) is 17.1. The minimum atomic E-state index is -4.37.